The predicted molar refractivity (Wildman–Crippen MR) is 94.0 cm³/mol. The van der Waals surface area contributed by atoms with E-state index in [0.29, 0.717) is 19.7 Å². The molecule has 0 N–H and O–H groups in total. The SMILES string of the molecule is N#Cc1ccccc1S(=O)(=O)N1CCN(C(=O)CCN2CCOC2=O)CC1. The van der Waals surface area contributed by atoms with Crippen LogP contribution >= 0.6 is 0 Å². The second kappa shape index (κ2) is 7.94. The van der Waals surface area contributed by atoms with Gasteiger partial charge < -0.3 is 14.5 Å². The number of ether oxygens (including phenoxy) is 1. The highest BCUT2D eigenvalue weighted by Gasteiger charge is 2.32. The zero-order chi connectivity index (χ0) is 19.4. The number of nitrogens with zero attached hydrogens (tertiary/aromatic N) is 4. The van der Waals surface area contributed by atoms with Crippen molar-refractivity contribution in [2.24, 2.45) is 0 Å². The fraction of sp³-hybridized carbons (Fsp3) is 0.471. The fourth-order valence-electron chi connectivity index (χ4n) is 3.12. The largest absolute Gasteiger partial charge is 0.448 e. The van der Waals surface area contributed by atoms with Gasteiger partial charge in [-0.1, -0.05) is 12.1 Å². The molecule has 2 heterocycles. The van der Waals surface area contributed by atoms with Crippen molar-refractivity contribution < 1.29 is 22.7 Å². The standard InChI is InChI=1S/C17H20N4O5S/c18-13-14-3-1-2-4-15(14)27(24,25)21-9-7-19(8-10-21)16(22)5-6-20-11-12-26-17(20)23/h1-4H,5-12H2. The van der Waals surface area contributed by atoms with E-state index in [0.717, 1.165) is 0 Å². The van der Waals surface area contributed by atoms with Crippen LogP contribution in [0.5, 0.6) is 0 Å². The molecule has 2 amide bonds. The molecule has 1 aromatic rings. The van der Waals surface area contributed by atoms with Gasteiger partial charge in [-0.3, -0.25) is 4.79 Å². The molecule has 27 heavy (non-hydrogen) atoms. The molecule has 2 aliphatic heterocycles. The van der Waals surface area contributed by atoms with Crippen LogP contribution in [-0.2, 0) is 19.6 Å². The molecule has 9 nitrogen and oxygen atoms in total. The van der Waals surface area contributed by atoms with Crippen LogP contribution in [0.25, 0.3) is 0 Å². The number of carbonyl (C=O) groups excluding carboxylic acids is 2. The molecule has 0 bridgehead atoms. The third kappa shape index (κ3) is 4.04. The van der Waals surface area contributed by atoms with Crippen molar-refractivity contribution in [1.82, 2.24) is 14.1 Å². The van der Waals surface area contributed by atoms with Gasteiger partial charge in [0.1, 0.15) is 12.7 Å². The lowest BCUT2D eigenvalue weighted by molar-refractivity contribution is -0.132. The van der Waals surface area contributed by atoms with Crippen LogP contribution in [0.2, 0.25) is 0 Å². The molecule has 144 valence electrons. The van der Waals surface area contributed by atoms with Crippen LogP contribution < -0.4 is 0 Å². The van der Waals surface area contributed by atoms with Crippen molar-refractivity contribution >= 4 is 22.0 Å². The topological polar surface area (TPSA) is 111 Å². The summed E-state index contributed by atoms with van der Waals surface area (Å²) < 4.78 is 31.7. The quantitative estimate of drug-likeness (QED) is 0.709. The van der Waals surface area contributed by atoms with Gasteiger partial charge in [-0.25, -0.2) is 13.2 Å². The Hall–Kier alpha value is -2.64. The summed E-state index contributed by atoms with van der Waals surface area (Å²) in [6.07, 6.45) is -0.228. The molecule has 2 saturated heterocycles. The average molecular weight is 392 g/mol. The van der Waals surface area contributed by atoms with Gasteiger partial charge in [-0.05, 0) is 12.1 Å². The Morgan fingerprint density at radius 1 is 1.15 bits per heavy atom. The van der Waals surface area contributed by atoms with Crippen molar-refractivity contribution in [1.29, 1.82) is 5.26 Å². The summed E-state index contributed by atoms with van der Waals surface area (Å²) >= 11 is 0. The number of nitriles is 1. The number of amides is 2. The van der Waals surface area contributed by atoms with E-state index in [1.165, 1.54) is 21.3 Å². The van der Waals surface area contributed by atoms with Gasteiger partial charge >= 0.3 is 6.09 Å². The first kappa shape index (κ1) is 19.1. The number of hydrogen-bond acceptors (Lipinski definition) is 6. The summed E-state index contributed by atoms with van der Waals surface area (Å²) in [4.78, 5) is 26.8. The summed E-state index contributed by atoms with van der Waals surface area (Å²) in [6.45, 7) is 2.00. The molecule has 0 unspecified atom stereocenters. The van der Waals surface area contributed by atoms with Gasteiger partial charge in [0.05, 0.1) is 17.0 Å². The molecule has 0 atom stereocenters. The maximum atomic E-state index is 12.8. The van der Waals surface area contributed by atoms with Crippen molar-refractivity contribution in [3.63, 3.8) is 0 Å². The Balaban J connectivity index is 1.57. The Kier molecular flexibility index (Phi) is 5.62. The highest BCUT2D eigenvalue weighted by molar-refractivity contribution is 7.89. The molecule has 0 spiro atoms. The van der Waals surface area contributed by atoms with E-state index in [9.17, 15) is 18.0 Å². The zero-order valence-corrected chi connectivity index (χ0v) is 15.5. The van der Waals surface area contributed by atoms with Crippen LogP contribution in [0, 0.1) is 11.3 Å². The van der Waals surface area contributed by atoms with Crippen molar-refractivity contribution in [2.45, 2.75) is 11.3 Å². The molecule has 0 saturated carbocycles. The second-order valence-corrected chi connectivity index (χ2v) is 8.15. The minimum absolute atomic E-state index is 0.0141. The van der Waals surface area contributed by atoms with Gasteiger partial charge in [0.15, 0.2) is 0 Å². The highest BCUT2D eigenvalue weighted by Crippen LogP contribution is 2.21. The first-order valence-electron chi connectivity index (χ1n) is 8.62. The number of cyclic esters (lactones) is 1. The predicted octanol–water partition coefficient (Wildman–Crippen LogP) is 0.233. The van der Waals surface area contributed by atoms with E-state index in [2.05, 4.69) is 0 Å². The number of hydrogen-bond donors (Lipinski definition) is 0. The lowest BCUT2D eigenvalue weighted by Gasteiger charge is -2.34. The molecule has 0 radical (unpaired) electrons. The van der Waals surface area contributed by atoms with E-state index < -0.39 is 16.1 Å². The number of carbonyl (C=O) groups is 2. The average Bonchev–Trinajstić information content (AvgIpc) is 3.11. The maximum absolute atomic E-state index is 12.8. The van der Waals surface area contributed by atoms with Gasteiger partial charge in [0.25, 0.3) is 0 Å². The minimum Gasteiger partial charge on any atom is -0.448 e. The summed E-state index contributed by atoms with van der Waals surface area (Å²) in [5.74, 6) is -0.121. The first-order valence-corrected chi connectivity index (χ1v) is 10.1. The molecule has 0 aromatic heterocycles. The number of benzene rings is 1. The highest BCUT2D eigenvalue weighted by atomic mass is 32.2. The maximum Gasteiger partial charge on any atom is 0.409 e. The van der Waals surface area contributed by atoms with Crippen LogP contribution in [0.4, 0.5) is 4.79 Å². The lowest BCUT2D eigenvalue weighted by atomic mass is 10.2. The Morgan fingerprint density at radius 2 is 1.85 bits per heavy atom. The third-order valence-corrected chi connectivity index (χ3v) is 6.61. The molecular weight excluding hydrogens is 372 g/mol. The molecular formula is C17H20N4O5S. The van der Waals surface area contributed by atoms with Crippen LogP contribution in [0.1, 0.15) is 12.0 Å². The zero-order valence-electron chi connectivity index (χ0n) is 14.7. The van der Waals surface area contributed by atoms with E-state index in [-0.39, 0.29) is 49.0 Å². The third-order valence-electron chi connectivity index (χ3n) is 4.66. The summed E-state index contributed by atoms with van der Waals surface area (Å²) in [6, 6.07) is 7.98. The van der Waals surface area contributed by atoms with Crippen LogP contribution in [-0.4, -0.2) is 80.4 Å². The van der Waals surface area contributed by atoms with Gasteiger partial charge in [-0.2, -0.15) is 9.57 Å². The Bertz CT molecular complexity index is 872. The number of sulfonamides is 1. The molecule has 3 rings (SSSR count). The number of piperazine rings is 1. The van der Waals surface area contributed by atoms with Crippen molar-refractivity contribution in [3.8, 4) is 6.07 Å². The fourth-order valence-corrected chi connectivity index (χ4v) is 4.68. The van der Waals surface area contributed by atoms with Gasteiger partial charge in [0.2, 0.25) is 15.9 Å². The Morgan fingerprint density at radius 3 is 2.48 bits per heavy atom. The molecule has 1 aromatic carbocycles. The lowest BCUT2D eigenvalue weighted by Crippen LogP contribution is -2.51. The number of rotatable bonds is 5. The van der Waals surface area contributed by atoms with E-state index in [4.69, 9.17) is 10.00 Å². The Labute approximate surface area is 157 Å². The van der Waals surface area contributed by atoms with E-state index in [1.54, 1.807) is 17.0 Å². The van der Waals surface area contributed by atoms with Crippen LogP contribution in [0.3, 0.4) is 0 Å². The second-order valence-electron chi connectivity index (χ2n) is 6.24. The molecule has 2 fully saturated rings. The van der Waals surface area contributed by atoms with E-state index in [1.807, 2.05) is 6.07 Å². The molecule has 0 aliphatic carbocycles. The van der Waals surface area contributed by atoms with Gasteiger partial charge in [0, 0.05) is 39.1 Å². The van der Waals surface area contributed by atoms with Gasteiger partial charge in [-0.15, -0.1) is 0 Å². The minimum atomic E-state index is -3.78. The summed E-state index contributed by atoms with van der Waals surface area (Å²) in [5.41, 5.74) is 0.105. The summed E-state index contributed by atoms with van der Waals surface area (Å²) in [7, 11) is -3.78. The smallest absolute Gasteiger partial charge is 0.409 e. The normalized spacial score (nSPS) is 18.3. The molecule has 10 heteroatoms. The first-order chi connectivity index (χ1) is 12.9. The van der Waals surface area contributed by atoms with Crippen molar-refractivity contribution in [2.75, 3.05) is 45.9 Å². The summed E-state index contributed by atoms with van der Waals surface area (Å²) in [5, 5.41) is 9.14. The molecule has 2 aliphatic rings. The van der Waals surface area contributed by atoms with Crippen LogP contribution in [0.15, 0.2) is 29.2 Å². The van der Waals surface area contributed by atoms with E-state index >= 15 is 0 Å². The monoisotopic (exact) mass is 392 g/mol. The van der Waals surface area contributed by atoms with Crippen molar-refractivity contribution in [3.05, 3.63) is 29.8 Å².